The van der Waals surface area contributed by atoms with E-state index in [1.165, 1.54) is 25.5 Å². The fraction of sp³-hybridized carbons (Fsp3) is 0.273. The van der Waals surface area contributed by atoms with Gasteiger partial charge in [0, 0.05) is 0 Å². The minimum absolute atomic E-state index is 0.145. The number of allylic oxidation sites excluding steroid dienone is 1. The molecule has 0 aliphatic rings. The summed E-state index contributed by atoms with van der Waals surface area (Å²) in [4.78, 5) is 0. The first-order valence-corrected chi connectivity index (χ1v) is 4.33. The van der Waals surface area contributed by atoms with Gasteiger partial charge in [0.15, 0.2) is 0 Å². The molecular weight excluding hydrogens is 205 g/mol. The van der Waals surface area contributed by atoms with E-state index in [1.54, 1.807) is 13.0 Å². The third-order valence-electron chi connectivity index (χ3n) is 1.95. The number of methoxy groups -OCH3 is 1. The Bertz CT molecular complexity index is 366. The topological polar surface area (TPSA) is 9.23 Å². The Morgan fingerprint density at radius 3 is 2.40 bits per heavy atom. The van der Waals surface area contributed by atoms with Crippen LogP contribution in [0, 0.1) is 0 Å². The molecule has 0 aliphatic carbocycles. The van der Waals surface area contributed by atoms with Gasteiger partial charge in [-0.25, -0.2) is 0 Å². The van der Waals surface area contributed by atoms with Crippen LogP contribution >= 0.6 is 0 Å². The molecule has 1 aromatic rings. The van der Waals surface area contributed by atoms with Gasteiger partial charge >= 0.3 is 6.18 Å². The van der Waals surface area contributed by atoms with E-state index in [1.807, 2.05) is 0 Å². The normalized spacial score (nSPS) is 12.7. The summed E-state index contributed by atoms with van der Waals surface area (Å²) < 4.78 is 42.4. The van der Waals surface area contributed by atoms with Crippen LogP contribution in [0.2, 0.25) is 0 Å². The highest BCUT2D eigenvalue weighted by Gasteiger charge is 2.33. The van der Waals surface area contributed by atoms with Crippen molar-refractivity contribution in [3.8, 4) is 0 Å². The summed E-state index contributed by atoms with van der Waals surface area (Å²) >= 11 is 0. The number of hydrogen-bond acceptors (Lipinski definition) is 1. The lowest BCUT2D eigenvalue weighted by atomic mass is 10.0. The zero-order chi connectivity index (χ0) is 11.5. The van der Waals surface area contributed by atoms with Gasteiger partial charge in [0.25, 0.3) is 0 Å². The highest BCUT2D eigenvalue weighted by Crippen LogP contribution is 2.34. The molecule has 0 unspecified atom stereocenters. The molecule has 0 N–H and O–H groups in total. The number of halogens is 3. The average Bonchev–Trinajstić information content (AvgIpc) is 2.17. The predicted octanol–water partition coefficient (Wildman–Crippen LogP) is 3.71. The third kappa shape index (κ3) is 2.75. The van der Waals surface area contributed by atoms with Crippen LogP contribution in [-0.4, -0.2) is 7.11 Å². The maximum atomic E-state index is 12.6. The number of ether oxygens (including phenoxy) is 1. The molecule has 0 saturated carbocycles. The van der Waals surface area contributed by atoms with Crippen molar-refractivity contribution in [1.82, 2.24) is 0 Å². The van der Waals surface area contributed by atoms with E-state index in [0.29, 0.717) is 5.57 Å². The van der Waals surface area contributed by atoms with E-state index in [9.17, 15) is 13.2 Å². The molecule has 4 heteroatoms. The molecule has 0 radical (unpaired) electrons. The zero-order valence-electron chi connectivity index (χ0n) is 8.43. The summed E-state index contributed by atoms with van der Waals surface area (Å²) in [5, 5.41) is 0. The summed E-state index contributed by atoms with van der Waals surface area (Å²) in [6.45, 7) is 1.58. The molecular formula is C11H11F3O. The van der Waals surface area contributed by atoms with E-state index < -0.39 is 11.7 Å². The van der Waals surface area contributed by atoms with Crippen LogP contribution in [0.1, 0.15) is 18.1 Å². The zero-order valence-corrected chi connectivity index (χ0v) is 8.43. The van der Waals surface area contributed by atoms with Crippen molar-refractivity contribution in [3.63, 3.8) is 0 Å². The summed E-state index contributed by atoms with van der Waals surface area (Å²) in [5.41, 5.74) is -0.0481. The van der Waals surface area contributed by atoms with E-state index in [4.69, 9.17) is 4.74 Å². The summed E-state index contributed by atoms with van der Waals surface area (Å²) in [5.74, 6) is 0. The molecule has 0 saturated heterocycles. The van der Waals surface area contributed by atoms with Crippen molar-refractivity contribution < 1.29 is 17.9 Å². The van der Waals surface area contributed by atoms with Crippen LogP contribution in [0.5, 0.6) is 0 Å². The Labute approximate surface area is 86.2 Å². The van der Waals surface area contributed by atoms with Gasteiger partial charge in [-0.3, -0.25) is 0 Å². The van der Waals surface area contributed by atoms with Gasteiger partial charge in [0.2, 0.25) is 0 Å². The van der Waals surface area contributed by atoms with Gasteiger partial charge in [0.1, 0.15) is 0 Å². The van der Waals surface area contributed by atoms with E-state index in [0.717, 1.165) is 6.07 Å². The van der Waals surface area contributed by atoms with Crippen molar-refractivity contribution >= 4 is 5.57 Å². The molecule has 0 spiro atoms. The lowest BCUT2D eigenvalue weighted by Gasteiger charge is -2.12. The third-order valence-corrected chi connectivity index (χ3v) is 1.95. The van der Waals surface area contributed by atoms with E-state index >= 15 is 0 Å². The first-order chi connectivity index (χ1) is 6.96. The van der Waals surface area contributed by atoms with Gasteiger partial charge in [-0.2, -0.15) is 13.2 Å². The molecule has 1 nitrogen and oxygen atoms in total. The molecule has 0 fully saturated rings. The highest BCUT2D eigenvalue weighted by atomic mass is 19.4. The number of rotatable bonds is 2. The Morgan fingerprint density at radius 1 is 1.27 bits per heavy atom. The van der Waals surface area contributed by atoms with Crippen molar-refractivity contribution in [2.45, 2.75) is 13.1 Å². The maximum absolute atomic E-state index is 12.6. The molecule has 0 heterocycles. The number of benzene rings is 1. The predicted molar refractivity (Wildman–Crippen MR) is 52.1 cm³/mol. The largest absolute Gasteiger partial charge is 0.504 e. The van der Waals surface area contributed by atoms with Crippen molar-refractivity contribution in [3.05, 3.63) is 41.7 Å². The van der Waals surface area contributed by atoms with Gasteiger partial charge < -0.3 is 4.74 Å². The molecule has 0 bridgehead atoms. The van der Waals surface area contributed by atoms with E-state index in [-0.39, 0.29) is 5.56 Å². The minimum Gasteiger partial charge on any atom is -0.504 e. The standard InChI is InChI=1S/C11H11F3O/c1-8(7-15-2)9-5-3-4-6-10(9)11(12,13)14/h3-7H,1-2H3/b8-7+. The molecule has 0 atom stereocenters. The fourth-order valence-corrected chi connectivity index (χ4v) is 1.31. The fourth-order valence-electron chi connectivity index (χ4n) is 1.31. The van der Waals surface area contributed by atoms with Gasteiger partial charge in [-0.1, -0.05) is 18.2 Å². The monoisotopic (exact) mass is 216 g/mol. The van der Waals surface area contributed by atoms with Crippen LogP contribution in [0.3, 0.4) is 0 Å². The first-order valence-electron chi connectivity index (χ1n) is 4.33. The highest BCUT2D eigenvalue weighted by molar-refractivity contribution is 5.66. The van der Waals surface area contributed by atoms with Crippen molar-refractivity contribution in [2.24, 2.45) is 0 Å². The smallest absolute Gasteiger partial charge is 0.416 e. The molecule has 1 aromatic carbocycles. The Morgan fingerprint density at radius 2 is 1.87 bits per heavy atom. The van der Waals surface area contributed by atoms with Crippen LogP contribution in [0.25, 0.3) is 5.57 Å². The summed E-state index contributed by atoms with van der Waals surface area (Å²) in [7, 11) is 1.40. The van der Waals surface area contributed by atoms with Gasteiger partial charge in [-0.15, -0.1) is 0 Å². The molecule has 15 heavy (non-hydrogen) atoms. The van der Waals surface area contributed by atoms with E-state index in [2.05, 4.69) is 0 Å². The number of hydrogen-bond donors (Lipinski definition) is 0. The minimum atomic E-state index is -4.33. The van der Waals surface area contributed by atoms with Gasteiger partial charge in [0.05, 0.1) is 18.9 Å². The summed E-state index contributed by atoms with van der Waals surface area (Å²) in [6, 6.07) is 5.42. The Balaban J connectivity index is 3.24. The lowest BCUT2D eigenvalue weighted by molar-refractivity contribution is -0.137. The SMILES string of the molecule is CO/C=C(\C)c1ccccc1C(F)(F)F. The lowest BCUT2D eigenvalue weighted by Crippen LogP contribution is -2.08. The number of alkyl halides is 3. The quantitative estimate of drug-likeness (QED) is 0.685. The molecule has 1 rings (SSSR count). The molecule has 0 amide bonds. The molecule has 0 aliphatic heterocycles. The Kier molecular flexibility index (Phi) is 3.39. The second kappa shape index (κ2) is 4.38. The van der Waals surface area contributed by atoms with Crippen LogP contribution in [0.15, 0.2) is 30.5 Å². The summed E-state index contributed by atoms with van der Waals surface area (Å²) in [6.07, 6.45) is -3.04. The van der Waals surface area contributed by atoms with Crippen LogP contribution in [0.4, 0.5) is 13.2 Å². The second-order valence-electron chi connectivity index (χ2n) is 3.08. The molecule has 0 aromatic heterocycles. The van der Waals surface area contributed by atoms with Crippen molar-refractivity contribution in [1.29, 1.82) is 0 Å². The maximum Gasteiger partial charge on any atom is 0.416 e. The van der Waals surface area contributed by atoms with Crippen molar-refractivity contribution in [2.75, 3.05) is 7.11 Å². The molecule has 82 valence electrons. The van der Waals surface area contributed by atoms with Crippen LogP contribution in [-0.2, 0) is 10.9 Å². The average molecular weight is 216 g/mol. The Hall–Kier alpha value is -1.45. The van der Waals surface area contributed by atoms with Gasteiger partial charge in [-0.05, 0) is 24.1 Å². The second-order valence-corrected chi connectivity index (χ2v) is 3.08. The van der Waals surface area contributed by atoms with Crippen LogP contribution < -0.4 is 0 Å². The first kappa shape index (κ1) is 11.6.